The van der Waals surface area contributed by atoms with Gasteiger partial charge in [0, 0.05) is 17.5 Å². The van der Waals surface area contributed by atoms with Gasteiger partial charge in [0.05, 0.1) is 16.8 Å². The first-order valence-corrected chi connectivity index (χ1v) is 9.86. The molecule has 142 valence electrons. The normalized spacial score (nSPS) is 20.3. The molecule has 4 heteroatoms. The number of nitrogens with zero attached hydrogens (tertiary/aromatic N) is 2. The molecule has 29 heavy (non-hydrogen) atoms. The second-order valence-electron chi connectivity index (χ2n) is 7.49. The summed E-state index contributed by atoms with van der Waals surface area (Å²) in [7, 11) is 0. The number of amides is 2. The highest BCUT2D eigenvalue weighted by Gasteiger charge is 2.50. The molecule has 0 spiro atoms. The minimum atomic E-state index is -0.938. The van der Waals surface area contributed by atoms with Crippen LogP contribution in [0.25, 0.3) is 0 Å². The molecule has 0 saturated carbocycles. The highest BCUT2D eigenvalue weighted by atomic mass is 16.2. The summed E-state index contributed by atoms with van der Waals surface area (Å²) in [4.78, 5) is 33.0. The van der Waals surface area contributed by atoms with Gasteiger partial charge in [0.25, 0.3) is 11.8 Å². The van der Waals surface area contributed by atoms with Crippen LogP contribution in [0.1, 0.15) is 50.8 Å². The average Bonchev–Trinajstić information content (AvgIpc) is 3.04. The minimum absolute atomic E-state index is 0.261. The number of hydrogen-bond acceptors (Lipinski definition) is 3. The summed E-state index contributed by atoms with van der Waals surface area (Å²) in [6.07, 6.45) is 1.06. The summed E-state index contributed by atoms with van der Waals surface area (Å²) >= 11 is 0. The number of rotatable bonds is 3. The van der Waals surface area contributed by atoms with Crippen LogP contribution in [0.5, 0.6) is 0 Å². The third-order valence-electron chi connectivity index (χ3n) is 5.89. The van der Waals surface area contributed by atoms with Crippen molar-refractivity contribution in [3.63, 3.8) is 0 Å². The third kappa shape index (κ3) is 2.56. The average molecular weight is 380 g/mol. The van der Waals surface area contributed by atoms with Crippen LogP contribution in [-0.4, -0.2) is 28.1 Å². The van der Waals surface area contributed by atoms with Crippen LogP contribution < -0.4 is 0 Å². The lowest BCUT2D eigenvalue weighted by molar-refractivity contribution is 0.0421. The second-order valence-corrected chi connectivity index (χ2v) is 7.49. The van der Waals surface area contributed by atoms with Crippen molar-refractivity contribution in [2.75, 3.05) is 0 Å². The summed E-state index contributed by atoms with van der Waals surface area (Å²) < 4.78 is 0. The van der Waals surface area contributed by atoms with E-state index in [0.29, 0.717) is 24.0 Å². The molecule has 2 aliphatic heterocycles. The predicted octanol–water partition coefficient (Wildman–Crippen LogP) is 4.48. The molecular weight excluding hydrogens is 360 g/mol. The van der Waals surface area contributed by atoms with Gasteiger partial charge < -0.3 is 0 Å². The fraction of sp³-hybridized carbons (Fsp3) is 0.160. The number of aliphatic imine (C=N–C) groups is 1. The van der Waals surface area contributed by atoms with Gasteiger partial charge >= 0.3 is 0 Å². The van der Waals surface area contributed by atoms with Crippen molar-refractivity contribution >= 4 is 17.5 Å². The number of fused-ring (bicyclic) bond motifs is 2. The van der Waals surface area contributed by atoms with E-state index in [2.05, 4.69) is 12.1 Å². The Morgan fingerprint density at radius 1 is 0.793 bits per heavy atom. The molecule has 0 radical (unpaired) electrons. The van der Waals surface area contributed by atoms with Gasteiger partial charge in [-0.15, -0.1) is 0 Å². The second kappa shape index (κ2) is 6.52. The van der Waals surface area contributed by atoms with E-state index in [-0.39, 0.29) is 11.8 Å². The molecule has 0 N–H and O–H groups in total. The van der Waals surface area contributed by atoms with Crippen molar-refractivity contribution in [2.45, 2.75) is 25.4 Å². The van der Waals surface area contributed by atoms with Crippen LogP contribution in [-0.2, 0) is 6.42 Å². The van der Waals surface area contributed by atoms with Crippen molar-refractivity contribution < 1.29 is 9.59 Å². The maximum absolute atomic E-state index is 13.3. The topological polar surface area (TPSA) is 49.7 Å². The largest absolute Gasteiger partial charge is 0.268 e. The molecule has 1 atom stereocenters. The van der Waals surface area contributed by atoms with Gasteiger partial charge in [0.2, 0.25) is 0 Å². The van der Waals surface area contributed by atoms with Gasteiger partial charge in [0.1, 0.15) is 5.66 Å². The zero-order chi connectivity index (χ0) is 20.0. The summed E-state index contributed by atoms with van der Waals surface area (Å²) in [5, 5.41) is 0. The Balaban J connectivity index is 1.72. The summed E-state index contributed by atoms with van der Waals surface area (Å²) in [5.41, 5.74) is 3.94. The molecule has 2 aliphatic rings. The van der Waals surface area contributed by atoms with Gasteiger partial charge in [-0.3, -0.25) is 14.6 Å². The van der Waals surface area contributed by atoms with Crippen molar-refractivity contribution in [3.8, 4) is 0 Å². The zero-order valence-electron chi connectivity index (χ0n) is 16.1. The molecule has 5 rings (SSSR count). The number of imide groups is 1. The molecule has 0 aliphatic carbocycles. The van der Waals surface area contributed by atoms with E-state index < -0.39 is 5.66 Å². The fourth-order valence-corrected chi connectivity index (χ4v) is 4.39. The number of carbonyl (C=O) groups excluding carboxylic acids is 2. The number of hydrogen-bond donors (Lipinski definition) is 0. The first kappa shape index (κ1) is 17.6. The van der Waals surface area contributed by atoms with Crippen molar-refractivity contribution in [3.05, 3.63) is 107 Å². The van der Waals surface area contributed by atoms with Crippen LogP contribution in [0.15, 0.2) is 83.9 Å². The Morgan fingerprint density at radius 3 is 1.97 bits per heavy atom. The first-order valence-electron chi connectivity index (χ1n) is 9.86. The minimum Gasteiger partial charge on any atom is -0.268 e. The Labute approximate surface area is 169 Å². The van der Waals surface area contributed by atoms with E-state index in [9.17, 15) is 9.59 Å². The molecule has 0 saturated heterocycles. The number of carbonyl (C=O) groups is 2. The molecule has 0 aromatic heterocycles. The van der Waals surface area contributed by atoms with Crippen LogP contribution in [0.2, 0.25) is 0 Å². The van der Waals surface area contributed by atoms with Crippen LogP contribution >= 0.6 is 0 Å². The highest BCUT2D eigenvalue weighted by Crippen LogP contribution is 2.39. The van der Waals surface area contributed by atoms with E-state index in [0.717, 1.165) is 22.4 Å². The molecule has 0 bridgehead atoms. The van der Waals surface area contributed by atoms with E-state index in [1.807, 2.05) is 49.4 Å². The Bertz CT molecular complexity index is 1130. The van der Waals surface area contributed by atoms with Crippen LogP contribution in [0.4, 0.5) is 0 Å². The van der Waals surface area contributed by atoms with E-state index >= 15 is 0 Å². The summed E-state index contributed by atoms with van der Waals surface area (Å²) in [5.74, 6) is -0.522. The molecule has 0 fully saturated rings. The Hall–Kier alpha value is -3.53. The van der Waals surface area contributed by atoms with Crippen molar-refractivity contribution in [1.82, 2.24) is 4.90 Å². The number of benzene rings is 3. The quantitative estimate of drug-likeness (QED) is 0.629. The van der Waals surface area contributed by atoms with Crippen molar-refractivity contribution in [2.24, 2.45) is 4.99 Å². The lowest BCUT2D eigenvalue weighted by Gasteiger charge is -2.40. The lowest BCUT2D eigenvalue weighted by Crippen LogP contribution is -2.53. The standard InChI is InChI=1S/C25H20N2O2/c1-2-25(27-23(28)20-14-8-9-15-21(20)24(27)29)16-18-12-6-7-13-19(18)22(26-25)17-10-4-3-5-11-17/h3-15H,2,16H2,1H3. The molecular formula is C25H20N2O2. The van der Waals surface area contributed by atoms with Crippen molar-refractivity contribution in [1.29, 1.82) is 0 Å². The van der Waals surface area contributed by atoms with E-state index in [1.54, 1.807) is 24.3 Å². The Morgan fingerprint density at radius 2 is 1.34 bits per heavy atom. The fourth-order valence-electron chi connectivity index (χ4n) is 4.39. The maximum atomic E-state index is 13.3. The smallest absolute Gasteiger partial charge is 0.263 e. The summed E-state index contributed by atoms with van der Waals surface area (Å²) in [6.45, 7) is 1.99. The van der Waals surface area contributed by atoms with Crippen LogP contribution in [0.3, 0.4) is 0 Å². The molecule has 1 unspecified atom stereocenters. The Kier molecular flexibility index (Phi) is 3.95. The third-order valence-corrected chi connectivity index (χ3v) is 5.89. The van der Waals surface area contributed by atoms with E-state index in [1.165, 1.54) is 4.90 Å². The summed E-state index contributed by atoms with van der Waals surface area (Å²) in [6, 6.07) is 25.1. The van der Waals surface area contributed by atoms with Gasteiger partial charge in [-0.05, 0) is 24.1 Å². The maximum Gasteiger partial charge on any atom is 0.263 e. The highest BCUT2D eigenvalue weighted by molar-refractivity contribution is 6.22. The van der Waals surface area contributed by atoms with Gasteiger partial charge in [0.15, 0.2) is 0 Å². The SMILES string of the molecule is CCC1(N2C(=O)c3ccccc3C2=O)Cc2ccccc2C(c2ccccc2)=N1. The van der Waals surface area contributed by atoms with Gasteiger partial charge in [-0.2, -0.15) is 0 Å². The monoisotopic (exact) mass is 380 g/mol. The molecule has 2 heterocycles. The lowest BCUT2D eigenvalue weighted by atomic mass is 9.85. The molecule has 4 nitrogen and oxygen atoms in total. The first-order chi connectivity index (χ1) is 14.1. The zero-order valence-corrected chi connectivity index (χ0v) is 16.1. The molecule has 2 amide bonds. The molecule has 3 aromatic rings. The van der Waals surface area contributed by atoms with Gasteiger partial charge in [-0.1, -0.05) is 73.7 Å². The van der Waals surface area contributed by atoms with Crippen LogP contribution in [0, 0.1) is 0 Å². The van der Waals surface area contributed by atoms with E-state index in [4.69, 9.17) is 4.99 Å². The molecule has 3 aromatic carbocycles. The van der Waals surface area contributed by atoms with Gasteiger partial charge in [-0.25, -0.2) is 4.90 Å². The predicted molar refractivity (Wildman–Crippen MR) is 112 cm³/mol.